The Balaban J connectivity index is 2.80. The summed E-state index contributed by atoms with van der Waals surface area (Å²) in [7, 11) is 1.60. The lowest BCUT2D eigenvalue weighted by molar-refractivity contribution is 0.0820. The summed E-state index contributed by atoms with van der Waals surface area (Å²) in [4.78, 5) is 12.1. The van der Waals surface area contributed by atoms with Crippen LogP contribution in [-0.2, 0) is 4.74 Å². The molecule has 1 aromatic carbocycles. The van der Waals surface area contributed by atoms with Gasteiger partial charge in [-0.05, 0) is 39.0 Å². The highest BCUT2D eigenvalue weighted by atomic mass is 16.5. The fourth-order valence-electron chi connectivity index (χ4n) is 1.75. The van der Waals surface area contributed by atoms with Crippen LogP contribution in [-0.4, -0.2) is 31.8 Å². The van der Waals surface area contributed by atoms with Gasteiger partial charge in [-0.3, -0.25) is 4.79 Å². The summed E-state index contributed by atoms with van der Waals surface area (Å²) in [5.74, 6) is 0.409. The highest BCUT2D eigenvalue weighted by molar-refractivity contribution is 5.95. The molecule has 0 spiro atoms. The maximum Gasteiger partial charge on any atom is 0.251 e. The first-order valence-electron chi connectivity index (χ1n) is 6.23. The third kappa shape index (κ3) is 4.44. The number of methoxy groups -OCH3 is 1. The number of nitrogen functional groups attached to an aromatic ring is 1. The van der Waals surface area contributed by atoms with Gasteiger partial charge in [-0.2, -0.15) is 0 Å². The largest absolute Gasteiger partial charge is 0.492 e. The molecule has 0 aromatic heterocycles. The molecule has 19 heavy (non-hydrogen) atoms. The molecule has 0 atom stereocenters. The van der Waals surface area contributed by atoms with Gasteiger partial charge in [0.25, 0.3) is 5.91 Å². The molecule has 5 nitrogen and oxygen atoms in total. The zero-order chi connectivity index (χ0) is 14.5. The SMILES string of the molecule is CCOc1ccc(C(=O)NC(C)(C)COC)cc1N. The summed E-state index contributed by atoms with van der Waals surface area (Å²) in [6.45, 7) is 6.65. The van der Waals surface area contributed by atoms with E-state index in [-0.39, 0.29) is 5.91 Å². The van der Waals surface area contributed by atoms with Crippen LogP contribution in [0.1, 0.15) is 31.1 Å². The number of nitrogens with one attached hydrogen (secondary N) is 1. The molecule has 0 saturated heterocycles. The summed E-state index contributed by atoms with van der Waals surface area (Å²) in [5, 5.41) is 2.89. The Hall–Kier alpha value is -1.75. The highest BCUT2D eigenvalue weighted by Crippen LogP contribution is 2.22. The maximum absolute atomic E-state index is 12.1. The molecule has 1 aromatic rings. The van der Waals surface area contributed by atoms with Crippen LogP contribution in [0.5, 0.6) is 5.75 Å². The topological polar surface area (TPSA) is 73.6 Å². The second-order valence-electron chi connectivity index (χ2n) is 4.96. The van der Waals surface area contributed by atoms with Crippen molar-refractivity contribution in [2.75, 3.05) is 26.1 Å². The van der Waals surface area contributed by atoms with Crippen molar-refractivity contribution in [1.29, 1.82) is 0 Å². The third-order valence-corrected chi connectivity index (χ3v) is 2.53. The van der Waals surface area contributed by atoms with Crippen LogP contribution < -0.4 is 15.8 Å². The maximum atomic E-state index is 12.1. The molecule has 0 bridgehead atoms. The van der Waals surface area contributed by atoms with Gasteiger partial charge in [0.2, 0.25) is 0 Å². The Bertz CT molecular complexity index is 444. The standard InChI is InChI=1S/C14H22N2O3/c1-5-19-12-7-6-10(8-11(12)15)13(17)16-14(2,3)9-18-4/h6-8H,5,9,15H2,1-4H3,(H,16,17). The van der Waals surface area contributed by atoms with Gasteiger partial charge in [0.05, 0.1) is 24.4 Å². The lowest BCUT2D eigenvalue weighted by Gasteiger charge is -2.25. The normalized spacial score (nSPS) is 11.2. The second kappa shape index (κ2) is 6.43. The minimum Gasteiger partial charge on any atom is -0.492 e. The molecule has 3 N–H and O–H groups in total. The van der Waals surface area contributed by atoms with E-state index in [0.717, 1.165) is 0 Å². The summed E-state index contributed by atoms with van der Waals surface area (Å²) >= 11 is 0. The van der Waals surface area contributed by atoms with Gasteiger partial charge in [0.1, 0.15) is 5.75 Å². The lowest BCUT2D eigenvalue weighted by Crippen LogP contribution is -2.46. The summed E-state index contributed by atoms with van der Waals surface area (Å²) in [6.07, 6.45) is 0. The number of benzene rings is 1. The van der Waals surface area contributed by atoms with Crippen LogP contribution in [0.15, 0.2) is 18.2 Å². The molecule has 106 valence electrons. The van der Waals surface area contributed by atoms with Crippen LogP contribution in [0.4, 0.5) is 5.69 Å². The molecule has 0 fully saturated rings. The molecule has 0 heterocycles. The monoisotopic (exact) mass is 266 g/mol. The van der Waals surface area contributed by atoms with Gasteiger partial charge >= 0.3 is 0 Å². The van der Waals surface area contributed by atoms with Gasteiger partial charge < -0.3 is 20.5 Å². The first-order valence-corrected chi connectivity index (χ1v) is 6.23. The average Bonchev–Trinajstić information content (AvgIpc) is 2.31. The fraction of sp³-hybridized carbons (Fsp3) is 0.500. The number of anilines is 1. The van der Waals surface area contributed by atoms with E-state index in [9.17, 15) is 4.79 Å². The minimum atomic E-state index is -0.431. The fourth-order valence-corrected chi connectivity index (χ4v) is 1.75. The highest BCUT2D eigenvalue weighted by Gasteiger charge is 2.21. The first-order chi connectivity index (χ1) is 8.89. The number of carbonyl (C=O) groups excluding carboxylic acids is 1. The molecular formula is C14H22N2O3. The molecule has 0 radical (unpaired) electrons. The molecule has 1 amide bonds. The molecule has 0 aliphatic carbocycles. The van der Waals surface area contributed by atoms with Crippen molar-refractivity contribution in [2.24, 2.45) is 0 Å². The van der Waals surface area contributed by atoms with Crippen molar-refractivity contribution >= 4 is 11.6 Å². The van der Waals surface area contributed by atoms with Crippen molar-refractivity contribution in [2.45, 2.75) is 26.3 Å². The van der Waals surface area contributed by atoms with E-state index in [2.05, 4.69) is 5.32 Å². The van der Waals surface area contributed by atoms with Gasteiger partial charge in [-0.1, -0.05) is 0 Å². The van der Waals surface area contributed by atoms with Crippen molar-refractivity contribution in [3.05, 3.63) is 23.8 Å². The zero-order valence-electron chi connectivity index (χ0n) is 11.9. The molecule has 0 saturated carbocycles. The molecule has 0 unspecified atom stereocenters. The van der Waals surface area contributed by atoms with Crippen LogP contribution in [0.2, 0.25) is 0 Å². The van der Waals surface area contributed by atoms with E-state index in [4.69, 9.17) is 15.2 Å². The predicted octanol–water partition coefficient (Wildman–Crippen LogP) is 1.82. The van der Waals surface area contributed by atoms with Crippen molar-refractivity contribution in [3.8, 4) is 5.75 Å². The van der Waals surface area contributed by atoms with Gasteiger partial charge in [-0.25, -0.2) is 0 Å². The van der Waals surface area contributed by atoms with Crippen molar-refractivity contribution in [1.82, 2.24) is 5.32 Å². The Labute approximate surface area is 114 Å². The molecule has 5 heteroatoms. The number of hydrogen-bond donors (Lipinski definition) is 2. The van der Waals surface area contributed by atoms with E-state index in [1.807, 2.05) is 20.8 Å². The van der Waals surface area contributed by atoms with Crippen molar-refractivity contribution < 1.29 is 14.3 Å². The van der Waals surface area contributed by atoms with E-state index >= 15 is 0 Å². The van der Waals surface area contributed by atoms with Gasteiger partial charge in [0.15, 0.2) is 0 Å². The number of nitrogens with two attached hydrogens (primary N) is 1. The lowest BCUT2D eigenvalue weighted by atomic mass is 10.1. The van der Waals surface area contributed by atoms with E-state index in [0.29, 0.717) is 30.2 Å². The third-order valence-electron chi connectivity index (χ3n) is 2.53. The first kappa shape index (κ1) is 15.3. The number of amides is 1. The quantitative estimate of drug-likeness (QED) is 0.770. The van der Waals surface area contributed by atoms with Crippen LogP contribution in [0.25, 0.3) is 0 Å². The summed E-state index contributed by atoms with van der Waals surface area (Å²) in [6, 6.07) is 5.01. The number of hydrogen-bond acceptors (Lipinski definition) is 4. The number of carbonyl (C=O) groups is 1. The van der Waals surface area contributed by atoms with E-state index in [1.54, 1.807) is 25.3 Å². The second-order valence-corrected chi connectivity index (χ2v) is 4.96. The van der Waals surface area contributed by atoms with Gasteiger partial charge in [-0.15, -0.1) is 0 Å². The number of rotatable bonds is 6. The van der Waals surface area contributed by atoms with E-state index in [1.165, 1.54) is 0 Å². The Morgan fingerprint density at radius 3 is 2.63 bits per heavy atom. The van der Waals surface area contributed by atoms with Crippen LogP contribution in [0.3, 0.4) is 0 Å². The minimum absolute atomic E-state index is 0.184. The Morgan fingerprint density at radius 2 is 2.11 bits per heavy atom. The Kier molecular flexibility index (Phi) is 5.18. The van der Waals surface area contributed by atoms with Gasteiger partial charge in [0, 0.05) is 12.7 Å². The van der Waals surface area contributed by atoms with E-state index < -0.39 is 5.54 Å². The zero-order valence-corrected chi connectivity index (χ0v) is 11.9. The Morgan fingerprint density at radius 1 is 1.42 bits per heavy atom. The molecular weight excluding hydrogens is 244 g/mol. The summed E-state index contributed by atoms with van der Waals surface area (Å²) < 4.78 is 10.4. The van der Waals surface area contributed by atoms with Crippen LogP contribution >= 0.6 is 0 Å². The predicted molar refractivity (Wildman–Crippen MR) is 75.4 cm³/mol. The number of ether oxygens (including phenoxy) is 2. The smallest absolute Gasteiger partial charge is 0.251 e. The average molecular weight is 266 g/mol. The molecule has 0 aliphatic rings. The molecule has 1 rings (SSSR count). The van der Waals surface area contributed by atoms with Crippen LogP contribution in [0, 0.1) is 0 Å². The molecule has 0 aliphatic heterocycles. The van der Waals surface area contributed by atoms with Crippen molar-refractivity contribution in [3.63, 3.8) is 0 Å². The summed E-state index contributed by atoms with van der Waals surface area (Å²) in [5.41, 5.74) is 6.37.